The third-order valence-electron chi connectivity index (χ3n) is 5.42. The molecule has 1 aromatic carbocycles. The smallest absolute Gasteiger partial charge is 0.290 e. The van der Waals surface area contributed by atoms with Crippen LogP contribution in [-0.2, 0) is 10.3 Å². The maximum absolute atomic E-state index is 13.3. The fraction of sp³-hybridized carbons (Fsp3) is 0.167. The quantitative estimate of drug-likeness (QED) is 0.429. The van der Waals surface area contributed by atoms with Crippen LogP contribution in [0, 0.1) is 6.92 Å². The van der Waals surface area contributed by atoms with Gasteiger partial charge in [-0.15, -0.1) is 0 Å². The lowest BCUT2D eigenvalue weighted by molar-refractivity contribution is -0.122. The molecule has 8 nitrogen and oxygen atoms in total. The first kappa shape index (κ1) is 21.0. The minimum absolute atomic E-state index is 0.206. The van der Waals surface area contributed by atoms with Crippen molar-refractivity contribution < 1.29 is 19.4 Å². The molecule has 4 heterocycles. The van der Waals surface area contributed by atoms with Crippen LogP contribution in [0.25, 0.3) is 11.0 Å². The minimum atomic E-state index is -0.773. The summed E-state index contributed by atoms with van der Waals surface area (Å²) < 4.78 is 5.83. The van der Waals surface area contributed by atoms with Gasteiger partial charge in [0, 0.05) is 24.2 Å². The van der Waals surface area contributed by atoms with Crippen LogP contribution in [0.3, 0.4) is 0 Å². The van der Waals surface area contributed by atoms with Crippen molar-refractivity contribution in [3.8, 4) is 5.75 Å². The lowest BCUT2D eigenvalue weighted by atomic mass is 9.81. The molecule has 0 fully saturated rings. The second-order valence-corrected chi connectivity index (χ2v) is 7.40. The van der Waals surface area contributed by atoms with Gasteiger partial charge in [0.2, 0.25) is 0 Å². The fourth-order valence-corrected chi connectivity index (χ4v) is 3.91. The Morgan fingerprint density at radius 3 is 2.62 bits per heavy atom. The van der Waals surface area contributed by atoms with E-state index in [0.29, 0.717) is 30.1 Å². The maximum atomic E-state index is 13.3. The molecule has 0 aliphatic carbocycles. The van der Waals surface area contributed by atoms with Crippen molar-refractivity contribution in [2.75, 3.05) is 6.61 Å². The molecule has 0 spiro atoms. The van der Waals surface area contributed by atoms with Crippen molar-refractivity contribution in [2.24, 2.45) is 0 Å². The van der Waals surface area contributed by atoms with Gasteiger partial charge in [0.25, 0.3) is 12.4 Å². The van der Waals surface area contributed by atoms with E-state index in [1.54, 1.807) is 12.4 Å². The summed E-state index contributed by atoms with van der Waals surface area (Å²) in [6, 6.07) is 17.5. The van der Waals surface area contributed by atoms with Gasteiger partial charge in [-0.2, -0.15) is 0 Å². The highest BCUT2D eigenvalue weighted by Gasteiger charge is 2.42. The van der Waals surface area contributed by atoms with E-state index in [1.165, 1.54) is 0 Å². The Morgan fingerprint density at radius 1 is 1.16 bits per heavy atom. The van der Waals surface area contributed by atoms with Crippen LogP contribution in [0.15, 0.2) is 67.0 Å². The van der Waals surface area contributed by atoms with Crippen LogP contribution in [0.5, 0.6) is 5.75 Å². The Kier molecular flexibility index (Phi) is 5.85. The van der Waals surface area contributed by atoms with Crippen molar-refractivity contribution in [3.05, 3.63) is 89.5 Å². The molecule has 5 rings (SSSR count). The van der Waals surface area contributed by atoms with Crippen molar-refractivity contribution in [3.63, 3.8) is 0 Å². The van der Waals surface area contributed by atoms with Gasteiger partial charge in [0.15, 0.2) is 0 Å². The minimum Gasteiger partial charge on any atom is -0.491 e. The van der Waals surface area contributed by atoms with Gasteiger partial charge in [-0.05, 0) is 42.8 Å². The van der Waals surface area contributed by atoms with E-state index < -0.39 is 5.54 Å². The molecular weight excluding hydrogens is 408 g/mol. The molecule has 0 unspecified atom stereocenters. The number of carbonyl (C=O) groups is 2. The molecule has 0 saturated carbocycles. The van der Waals surface area contributed by atoms with Gasteiger partial charge in [0.1, 0.15) is 28.3 Å². The van der Waals surface area contributed by atoms with Crippen LogP contribution in [0.1, 0.15) is 33.7 Å². The number of nitrogens with one attached hydrogen (secondary N) is 2. The van der Waals surface area contributed by atoms with Crippen molar-refractivity contribution in [1.82, 2.24) is 20.3 Å². The fourth-order valence-electron chi connectivity index (χ4n) is 3.91. The van der Waals surface area contributed by atoms with E-state index >= 15 is 0 Å². The maximum Gasteiger partial charge on any atom is 0.290 e. The molecule has 0 bridgehead atoms. The summed E-state index contributed by atoms with van der Waals surface area (Å²) in [7, 11) is 0. The molecule has 1 atom stereocenters. The van der Waals surface area contributed by atoms with E-state index in [1.807, 2.05) is 61.5 Å². The Labute approximate surface area is 184 Å². The number of carboxylic acid groups (broad SMARTS) is 1. The Morgan fingerprint density at radius 2 is 1.88 bits per heavy atom. The van der Waals surface area contributed by atoms with Crippen molar-refractivity contribution >= 4 is 23.4 Å². The molecule has 8 heteroatoms. The number of aromatic amines is 1. The Balaban J connectivity index is 0.000000775. The summed E-state index contributed by atoms with van der Waals surface area (Å²) in [5, 5.41) is 11.0. The molecule has 1 aliphatic rings. The predicted octanol–water partition coefficient (Wildman–Crippen LogP) is 3.42. The first-order chi connectivity index (χ1) is 15.6. The lowest BCUT2D eigenvalue weighted by Crippen LogP contribution is -2.50. The number of rotatable bonds is 3. The first-order valence-electron chi connectivity index (χ1n) is 10.1. The van der Waals surface area contributed by atoms with Crippen LogP contribution < -0.4 is 10.1 Å². The second-order valence-electron chi connectivity index (χ2n) is 7.40. The molecule has 32 heavy (non-hydrogen) atoms. The monoisotopic (exact) mass is 430 g/mol. The summed E-state index contributed by atoms with van der Waals surface area (Å²) in [5.74, 6) is 0.486. The number of H-pyrrole nitrogens is 1. The zero-order valence-electron chi connectivity index (χ0n) is 17.4. The van der Waals surface area contributed by atoms with Gasteiger partial charge in [-0.3, -0.25) is 14.6 Å². The van der Waals surface area contributed by atoms with Crippen LogP contribution in [0.4, 0.5) is 0 Å². The van der Waals surface area contributed by atoms with Gasteiger partial charge >= 0.3 is 0 Å². The van der Waals surface area contributed by atoms with Crippen LogP contribution in [-0.4, -0.2) is 39.0 Å². The number of aromatic nitrogens is 3. The van der Waals surface area contributed by atoms with Gasteiger partial charge < -0.3 is 20.1 Å². The SMILES string of the molecule is Cc1ccc([C@@]2(NC(=O)c3cc4cccnc4[nH]3)CCOc3cccnc32)cc1.O=CO. The zero-order valence-corrected chi connectivity index (χ0v) is 17.4. The van der Waals surface area contributed by atoms with Gasteiger partial charge in [-0.25, -0.2) is 4.98 Å². The van der Waals surface area contributed by atoms with E-state index in [-0.39, 0.29) is 12.4 Å². The average molecular weight is 430 g/mol. The van der Waals surface area contributed by atoms with Gasteiger partial charge in [0.05, 0.1) is 6.61 Å². The number of benzene rings is 1. The second kappa shape index (κ2) is 8.89. The number of pyridine rings is 2. The summed E-state index contributed by atoms with van der Waals surface area (Å²) in [6.07, 6.45) is 4.02. The topological polar surface area (TPSA) is 117 Å². The van der Waals surface area contributed by atoms with E-state index in [9.17, 15) is 4.79 Å². The molecule has 4 aromatic rings. The van der Waals surface area contributed by atoms with Crippen LogP contribution in [0.2, 0.25) is 0 Å². The van der Waals surface area contributed by atoms with E-state index in [4.69, 9.17) is 14.6 Å². The molecule has 0 radical (unpaired) electrons. The molecular formula is C24H22N4O4. The number of fused-ring (bicyclic) bond motifs is 2. The standard InChI is InChI=1S/C23H20N4O2.CH2O2/c1-15-6-8-17(9-7-15)23(10-13-29-19-5-3-11-24-20(19)23)27-22(28)18-14-16-4-2-12-25-21(16)26-18;2-1-3/h2-9,11-12,14H,10,13H2,1H3,(H,25,26)(H,27,28);1H,(H,2,3)/t23-;/m0./s1. The number of ether oxygens (including phenoxy) is 1. The highest BCUT2D eigenvalue weighted by Crippen LogP contribution is 2.40. The predicted molar refractivity (Wildman–Crippen MR) is 119 cm³/mol. The highest BCUT2D eigenvalue weighted by molar-refractivity contribution is 5.98. The molecule has 3 aromatic heterocycles. The van der Waals surface area contributed by atoms with E-state index in [2.05, 4.69) is 20.3 Å². The van der Waals surface area contributed by atoms with Crippen LogP contribution >= 0.6 is 0 Å². The number of nitrogens with zero attached hydrogens (tertiary/aromatic N) is 2. The third kappa shape index (κ3) is 3.90. The third-order valence-corrected chi connectivity index (χ3v) is 5.42. The zero-order chi connectivity index (χ0) is 22.6. The Hall–Kier alpha value is -4.20. The summed E-state index contributed by atoms with van der Waals surface area (Å²) in [6.45, 7) is 2.28. The summed E-state index contributed by atoms with van der Waals surface area (Å²) >= 11 is 0. The lowest BCUT2D eigenvalue weighted by Gasteiger charge is -2.38. The number of hydrogen-bond donors (Lipinski definition) is 3. The largest absolute Gasteiger partial charge is 0.491 e. The van der Waals surface area contributed by atoms with Crippen molar-refractivity contribution in [1.29, 1.82) is 0 Å². The number of aryl methyl sites for hydroxylation is 1. The number of amides is 1. The first-order valence-corrected chi connectivity index (χ1v) is 10.1. The molecule has 1 aliphatic heterocycles. The highest BCUT2D eigenvalue weighted by atomic mass is 16.5. The molecule has 3 N–H and O–H groups in total. The average Bonchev–Trinajstić information content (AvgIpc) is 3.25. The normalized spacial score (nSPS) is 16.8. The van der Waals surface area contributed by atoms with Gasteiger partial charge in [-0.1, -0.05) is 29.8 Å². The molecule has 162 valence electrons. The van der Waals surface area contributed by atoms with Crippen molar-refractivity contribution in [2.45, 2.75) is 18.9 Å². The van der Waals surface area contributed by atoms with E-state index in [0.717, 1.165) is 22.2 Å². The molecule has 0 saturated heterocycles. The summed E-state index contributed by atoms with van der Waals surface area (Å²) in [5.41, 5.74) is 3.24. The number of hydrogen-bond acceptors (Lipinski definition) is 5. The molecule has 1 amide bonds. The number of carbonyl (C=O) groups excluding carboxylic acids is 1. The summed E-state index contributed by atoms with van der Waals surface area (Å²) in [4.78, 5) is 33.7. The Bertz CT molecular complexity index is 1220.